The lowest BCUT2D eigenvalue weighted by atomic mass is 9.93. The van der Waals surface area contributed by atoms with Gasteiger partial charge in [0, 0.05) is 34.0 Å². The first-order valence-corrected chi connectivity index (χ1v) is 8.03. The van der Waals surface area contributed by atoms with Gasteiger partial charge in [-0.25, -0.2) is 0 Å². The van der Waals surface area contributed by atoms with E-state index in [2.05, 4.69) is 11.5 Å². The van der Waals surface area contributed by atoms with Crippen molar-refractivity contribution in [3.05, 3.63) is 76.8 Å². The third-order valence-corrected chi connectivity index (χ3v) is 4.97. The molecule has 2 aromatic carbocycles. The molecular weight excluding hydrogens is 294 g/mol. The normalized spacial score (nSPS) is 23.7. The Bertz CT molecular complexity index is 735. The molecule has 0 spiro atoms. The predicted octanol–water partition coefficient (Wildman–Crippen LogP) is 4.23. The minimum Gasteiger partial charge on any atom is -0.363 e. The Balaban J connectivity index is 1.88. The average molecular weight is 312 g/mol. The van der Waals surface area contributed by atoms with Gasteiger partial charge < -0.3 is 10.0 Å². The number of rotatable bonds is 3. The van der Waals surface area contributed by atoms with E-state index in [1.807, 2.05) is 48.5 Å². The molecule has 0 aromatic heterocycles. The van der Waals surface area contributed by atoms with Gasteiger partial charge in [-0.05, 0) is 30.9 Å². The zero-order valence-corrected chi connectivity index (χ0v) is 13.1. The van der Waals surface area contributed by atoms with Crippen molar-refractivity contribution < 1.29 is 5.11 Å². The lowest BCUT2D eigenvalue weighted by molar-refractivity contribution is -0.0373. The van der Waals surface area contributed by atoms with Crippen LogP contribution in [-0.4, -0.2) is 16.6 Å². The molecule has 0 saturated heterocycles. The van der Waals surface area contributed by atoms with Crippen LogP contribution in [0.25, 0.3) is 5.70 Å². The second-order valence-electron chi connectivity index (χ2n) is 6.23. The Morgan fingerprint density at radius 3 is 2.50 bits per heavy atom. The average Bonchev–Trinajstić information content (AvgIpc) is 3.33. The molecule has 22 heavy (non-hydrogen) atoms. The summed E-state index contributed by atoms with van der Waals surface area (Å²) in [4.78, 5) is 2.05. The highest BCUT2D eigenvalue weighted by Crippen LogP contribution is 2.49. The molecule has 0 bridgehead atoms. The minimum absolute atomic E-state index is 0.657. The highest BCUT2D eigenvalue weighted by atomic mass is 35.5. The van der Waals surface area contributed by atoms with E-state index in [1.165, 1.54) is 12.8 Å². The molecule has 1 aliphatic carbocycles. The Hall–Kier alpha value is -1.77. The molecule has 0 amide bonds. The second-order valence-corrected chi connectivity index (χ2v) is 6.66. The Morgan fingerprint density at radius 1 is 1.14 bits per heavy atom. The molecule has 1 aliphatic heterocycles. The zero-order valence-electron chi connectivity index (χ0n) is 12.3. The Kier molecular flexibility index (Phi) is 3.07. The number of nitrogens with zero attached hydrogens (tertiary/aromatic N) is 1. The van der Waals surface area contributed by atoms with Gasteiger partial charge in [-0.2, -0.15) is 0 Å². The largest absolute Gasteiger partial charge is 0.363 e. The highest BCUT2D eigenvalue weighted by molar-refractivity contribution is 6.30. The quantitative estimate of drug-likeness (QED) is 0.917. The van der Waals surface area contributed by atoms with E-state index < -0.39 is 5.72 Å². The highest BCUT2D eigenvalue weighted by Gasteiger charge is 2.48. The lowest BCUT2D eigenvalue weighted by Gasteiger charge is -2.37. The minimum atomic E-state index is -1.15. The third kappa shape index (κ3) is 1.98. The van der Waals surface area contributed by atoms with Crippen LogP contribution in [-0.2, 0) is 5.72 Å². The van der Waals surface area contributed by atoms with Gasteiger partial charge in [0.15, 0.2) is 5.72 Å². The molecule has 2 nitrogen and oxygen atoms in total. The number of hydrogen-bond donors (Lipinski definition) is 1. The van der Waals surface area contributed by atoms with E-state index in [1.54, 1.807) is 0 Å². The van der Waals surface area contributed by atoms with Crippen molar-refractivity contribution in [3.63, 3.8) is 0 Å². The summed E-state index contributed by atoms with van der Waals surface area (Å²) in [5.41, 5.74) is 2.52. The summed E-state index contributed by atoms with van der Waals surface area (Å²) in [6.07, 6.45) is 2.47. The monoisotopic (exact) mass is 311 g/mol. The van der Waals surface area contributed by atoms with Crippen LogP contribution in [0.2, 0.25) is 5.02 Å². The molecule has 1 N–H and O–H groups in total. The van der Waals surface area contributed by atoms with E-state index in [4.69, 9.17) is 11.6 Å². The summed E-state index contributed by atoms with van der Waals surface area (Å²) in [6, 6.07) is 15.4. The summed E-state index contributed by atoms with van der Waals surface area (Å²) in [6.45, 7) is 5.08. The fraction of sp³-hybridized carbons (Fsp3) is 0.263. The maximum atomic E-state index is 11.6. The van der Waals surface area contributed by atoms with Crippen LogP contribution >= 0.6 is 11.6 Å². The maximum absolute atomic E-state index is 11.6. The van der Waals surface area contributed by atoms with Crippen LogP contribution in [0, 0.1) is 5.92 Å². The van der Waals surface area contributed by atoms with Crippen LogP contribution in [0.1, 0.15) is 29.5 Å². The Labute approximate surface area is 135 Å². The molecule has 4 rings (SSSR count). The first-order chi connectivity index (χ1) is 10.6. The van der Waals surface area contributed by atoms with Gasteiger partial charge in [0.25, 0.3) is 0 Å². The van der Waals surface area contributed by atoms with E-state index in [-0.39, 0.29) is 0 Å². The van der Waals surface area contributed by atoms with Gasteiger partial charge in [0.2, 0.25) is 0 Å². The molecule has 1 fully saturated rings. The first kappa shape index (κ1) is 13.9. The zero-order chi connectivity index (χ0) is 15.3. The van der Waals surface area contributed by atoms with Crippen LogP contribution < -0.4 is 0 Å². The third-order valence-electron chi connectivity index (χ3n) is 4.71. The van der Waals surface area contributed by atoms with Crippen LogP contribution in [0.5, 0.6) is 0 Å². The standard InChI is InChI=1S/C19H18ClNO/c1-13-17-4-2-3-5-18(17)19(22,21(13)12-14-6-7-14)15-8-10-16(20)11-9-15/h2-5,8-11,14,22H,1,6-7,12H2. The van der Waals surface area contributed by atoms with Gasteiger partial charge in [0.05, 0.1) is 0 Å². The van der Waals surface area contributed by atoms with Gasteiger partial charge in [-0.15, -0.1) is 0 Å². The van der Waals surface area contributed by atoms with Crippen molar-refractivity contribution in [2.24, 2.45) is 5.92 Å². The fourth-order valence-electron chi connectivity index (χ4n) is 3.32. The number of halogens is 1. The molecule has 1 heterocycles. The second kappa shape index (κ2) is 4.87. The smallest absolute Gasteiger partial charge is 0.192 e. The summed E-state index contributed by atoms with van der Waals surface area (Å²) in [5, 5.41) is 12.3. The van der Waals surface area contributed by atoms with Crippen molar-refractivity contribution in [3.8, 4) is 0 Å². The van der Waals surface area contributed by atoms with Gasteiger partial charge in [-0.3, -0.25) is 0 Å². The van der Waals surface area contributed by atoms with Crippen molar-refractivity contribution in [1.82, 2.24) is 4.90 Å². The summed E-state index contributed by atoms with van der Waals surface area (Å²) in [5.74, 6) is 0.657. The molecule has 112 valence electrons. The molecular formula is C19H18ClNO. The number of aliphatic hydroxyl groups is 1. The molecule has 2 aliphatic rings. The SMILES string of the molecule is C=C1c2ccccc2C(O)(c2ccc(Cl)cc2)N1CC1CC1. The fourth-order valence-corrected chi connectivity index (χ4v) is 3.45. The van der Waals surface area contributed by atoms with E-state index in [0.29, 0.717) is 10.9 Å². The van der Waals surface area contributed by atoms with Crippen molar-refractivity contribution >= 4 is 17.3 Å². The molecule has 2 aromatic rings. The van der Waals surface area contributed by atoms with E-state index in [9.17, 15) is 5.11 Å². The van der Waals surface area contributed by atoms with Crippen molar-refractivity contribution in [2.75, 3.05) is 6.54 Å². The molecule has 1 atom stereocenters. The van der Waals surface area contributed by atoms with Crippen LogP contribution in [0.4, 0.5) is 0 Å². The van der Waals surface area contributed by atoms with Crippen molar-refractivity contribution in [2.45, 2.75) is 18.6 Å². The van der Waals surface area contributed by atoms with Crippen LogP contribution in [0.15, 0.2) is 55.1 Å². The van der Waals surface area contributed by atoms with Gasteiger partial charge in [0.1, 0.15) is 0 Å². The Morgan fingerprint density at radius 2 is 1.82 bits per heavy atom. The van der Waals surface area contributed by atoms with E-state index in [0.717, 1.165) is 28.9 Å². The predicted molar refractivity (Wildman–Crippen MR) is 89.4 cm³/mol. The number of fused-ring (bicyclic) bond motifs is 1. The lowest BCUT2D eigenvalue weighted by Crippen LogP contribution is -2.42. The summed E-state index contributed by atoms with van der Waals surface area (Å²) < 4.78 is 0. The van der Waals surface area contributed by atoms with Crippen LogP contribution in [0.3, 0.4) is 0 Å². The summed E-state index contributed by atoms with van der Waals surface area (Å²) >= 11 is 6.01. The van der Waals surface area contributed by atoms with Crippen molar-refractivity contribution in [1.29, 1.82) is 0 Å². The molecule has 0 radical (unpaired) electrons. The molecule has 1 saturated carbocycles. The number of hydrogen-bond acceptors (Lipinski definition) is 2. The van der Waals surface area contributed by atoms with E-state index >= 15 is 0 Å². The summed E-state index contributed by atoms with van der Waals surface area (Å²) in [7, 11) is 0. The molecule has 3 heteroatoms. The number of benzene rings is 2. The first-order valence-electron chi connectivity index (χ1n) is 7.65. The van der Waals surface area contributed by atoms with Gasteiger partial charge >= 0.3 is 0 Å². The maximum Gasteiger partial charge on any atom is 0.192 e. The topological polar surface area (TPSA) is 23.5 Å². The van der Waals surface area contributed by atoms with Gasteiger partial charge in [-0.1, -0.05) is 54.6 Å². The molecule has 1 unspecified atom stereocenters.